The smallest absolute Gasteiger partial charge is 0.0593 e. The van der Waals surface area contributed by atoms with Crippen LogP contribution in [0, 0.1) is 0 Å². The predicted molar refractivity (Wildman–Crippen MR) is 52.2 cm³/mol. The third-order valence-corrected chi connectivity index (χ3v) is 4.34. The summed E-state index contributed by atoms with van der Waals surface area (Å²) in [6.07, 6.45) is 0. The topological polar surface area (TPSA) is 0 Å². The van der Waals surface area contributed by atoms with Crippen molar-refractivity contribution in [2.75, 3.05) is 0 Å². The fourth-order valence-electron chi connectivity index (χ4n) is 1.01. The first-order valence-electron chi connectivity index (χ1n) is 3.71. The molecule has 0 aromatic carbocycles. The Balaban J connectivity index is 4.23. The van der Waals surface area contributed by atoms with Gasteiger partial charge in [0.2, 0.25) is 0 Å². The molecule has 0 unspecified atom stereocenters. The van der Waals surface area contributed by atoms with E-state index in [-0.39, 0.29) is 18.1 Å². The zero-order valence-corrected chi connectivity index (χ0v) is 8.92. The maximum Gasteiger partial charge on any atom is -0.0593 e. The molecule has 0 atom stereocenters. The van der Waals surface area contributed by atoms with Crippen LogP contribution in [0.2, 0.25) is 0 Å². The molecule has 0 aromatic heterocycles. The normalized spacial score (nSPS) is 14.4. The summed E-state index contributed by atoms with van der Waals surface area (Å²) in [7, 11) is 5.73. The molecule has 0 fully saturated rings. The van der Waals surface area contributed by atoms with Gasteiger partial charge in [-0.05, 0) is 0 Å². The van der Waals surface area contributed by atoms with E-state index in [0.717, 1.165) is 0 Å². The van der Waals surface area contributed by atoms with Crippen molar-refractivity contribution in [3.8, 4) is 0 Å². The Labute approximate surface area is 67.9 Å². The van der Waals surface area contributed by atoms with E-state index in [0.29, 0.717) is 0 Å². The highest BCUT2D eigenvalue weighted by molar-refractivity contribution is 7.84. The van der Waals surface area contributed by atoms with Gasteiger partial charge in [-0.25, -0.2) is 0 Å². The van der Waals surface area contributed by atoms with Crippen molar-refractivity contribution < 1.29 is 0 Å². The molecule has 10 heavy (non-hydrogen) atoms. The Bertz CT molecular complexity index is 93.4. The maximum absolute atomic E-state index is 6.09. The second-order valence-electron chi connectivity index (χ2n) is 4.71. The van der Waals surface area contributed by atoms with Crippen LogP contribution in [-0.4, -0.2) is 17.9 Å². The van der Waals surface area contributed by atoms with Crippen LogP contribution in [0.4, 0.5) is 0 Å². The molecule has 0 N–H and O–H groups in total. The molecule has 0 aliphatic carbocycles. The van der Waals surface area contributed by atoms with Gasteiger partial charge >= 0.3 is 0 Å². The summed E-state index contributed by atoms with van der Waals surface area (Å²) in [5.74, 6) is 0. The standard InChI is InChI=1S/C8H18BP/c1-7(2,3)10(9)8(4,5)6/h1-6H3/q-1. The summed E-state index contributed by atoms with van der Waals surface area (Å²) in [5.41, 5.74) is 0. The molecule has 0 bridgehead atoms. The molecular formula is C8H18BP-. The van der Waals surface area contributed by atoms with Gasteiger partial charge in [-0.3, -0.25) is 0 Å². The van der Waals surface area contributed by atoms with Gasteiger partial charge in [0.25, 0.3) is 0 Å². The van der Waals surface area contributed by atoms with Crippen molar-refractivity contribution in [3.63, 3.8) is 0 Å². The number of hydrogen-bond acceptors (Lipinski definition) is 0. The third-order valence-electron chi connectivity index (χ3n) is 1.45. The van der Waals surface area contributed by atoms with Gasteiger partial charge in [0.1, 0.15) is 0 Å². The molecule has 0 heterocycles. The van der Waals surface area contributed by atoms with Gasteiger partial charge in [-0.1, -0.05) is 51.9 Å². The van der Waals surface area contributed by atoms with E-state index in [1.165, 1.54) is 0 Å². The van der Waals surface area contributed by atoms with Crippen LogP contribution in [0.15, 0.2) is 0 Å². The number of hydrogen-bond donors (Lipinski definition) is 0. The second-order valence-corrected chi connectivity index (χ2v) is 8.13. The first kappa shape index (κ1) is 10.5. The molecule has 59 valence electrons. The van der Waals surface area contributed by atoms with Gasteiger partial charge in [0.05, 0.1) is 0 Å². The minimum Gasteiger partial charge on any atom is -0.578 e. The van der Waals surface area contributed by atoms with Crippen LogP contribution in [-0.2, 0) is 0 Å². The fourth-order valence-corrected chi connectivity index (χ4v) is 3.02. The SMILES string of the molecule is [B-]P(C(C)(C)C)C(C)(C)C. The van der Waals surface area contributed by atoms with Gasteiger partial charge < -0.3 is 15.4 Å². The van der Waals surface area contributed by atoms with Crippen LogP contribution in [0.25, 0.3) is 0 Å². The summed E-state index contributed by atoms with van der Waals surface area (Å²) < 4.78 is 0. The van der Waals surface area contributed by atoms with E-state index >= 15 is 0 Å². The first-order valence-corrected chi connectivity index (χ1v) is 5.12. The largest absolute Gasteiger partial charge is 0.578 e. The maximum atomic E-state index is 6.09. The van der Waals surface area contributed by atoms with Crippen molar-refractivity contribution in [2.24, 2.45) is 0 Å². The van der Waals surface area contributed by atoms with Gasteiger partial charge in [-0.2, -0.15) is 0 Å². The lowest BCUT2D eigenvalue weighted by Crippen LogP contribution is -2.24. The summed E-state index contributed by atoms with van der Waals surface area (Å²) in [5, 5.41) is 0.571. The highest BCUT2D eigenvalue weighted by Crippen LogP contribution is 2.55. The van der Waals surface area contributed by atoms with E-state index in [9.17, 15) is 0 Å². The Morgan fingerprint density at radius 2 is 1.00 bits per heavy atom. The fraction of sp³-hybridized carbons (Fsp3) is 1.00. The molecule has 0 aliphatic rings. The summed E-state index contributed by atoms with van der Waals surface area (Å²) >= 11 is 0. The van der Waals surface area contributed by atoms with Crippen LogP contribution in [0.5, 0.6) is 0 Å². The third kappa shape index (κ3) is 3.06. The molecule has 0 saturated carbocycles. The highest BCUT2D eigenvalue weighted by atomic mass is 31.1. The molecular weight excluding hydrogens is 138 g/mol. The van der Waals surface area contributed by atoms with Crippen LogP contribution < -0.4 is 0 Å². The van der Waals surface area contributed by atoms with Gasteiger partial charge in [-0.15, -0.1) is 0 Å². The van der Waals surface area contributed by atoms with E-state index in [1.807, 2.05) is 0 Å². The molecule has 2 heteroatoms. The average Bonchev–Trinajstić information content (AvgIpc) is 1.59. The molecule has 3 radical (unpaired) electrons. The summed E-state index contributed by atoms with van der Waals surface area (Å²) in [6, 6.07) is 0. The van der Waals surface area contributed by atoms with Crippen molar-refractivity contribution >= 4 is 15.4 Å². The molecule has 0 amide bonds. The van der Waals surface area contributed by atoms with Crippen LogP contribution in [0.1, 0.15) is 41.5 Å². The minimum atomic E-state index is -0.363. The van der Waals surface area contributed by atoms with E-state index in [2.05, 4.69) is 41.5 Å². The summed E-state index contributed by atoms with van der Waals surface area (Å²) in [6.45, 7) is 13.3. The lowest BCUT2D eigenvalue weighted by molar-refractivity contribution is 0.719. The van der Waals surface area contributed by atoms with Gasteiger partial charge in [0.15, 0.2) is 0 Å². The Morgan fingerprint density at radius 1 is 0.800 bits per heavy atom. The molecule has 0 rings (SSSR count). The molecule has 0 nitrogen and oxygen atoms in total. The monoisotopic (exact) mass is 156 g/mol. The van der Waals surface area contributed by atoms with Gasteiger partial charge in [0, 0.05) is 0 Å². The first-order chi connectivity index (χ1) is 4.15. The Kier molecular flexibility index (Phi) is 3.00. The quantitative estimate of drug-likeness (QED) is 0.373. The molecule has 0 spiro atoms. The Morgan fingerprint density at radius 3 is 1.00 bits per heavy atom. The van der Waals surface area contributed by atoms with E-state index in [4.69, 9.17) is 7.57 Å². The summed E-state index contributed by atoms with van der Waals surface area (Å²) in [4.78, 5) is 0. The lowest BCUT2D eigenvalue weighted by atomic mass is 10.2. The van der Waals surface area contributed by atoms with Crippen molar-refractivity contribution in [1.29, 1.82) is 0 Å². The predicted octanol–water partition coefficient (Wildman–Crippen LogP) is 3.15. The second kappa shape index (κ2) is 2.85. The molecule has 0 aromatic rings. The van der Waals surface area contributed by atoms with Crippen molar-refractivity contribution in [3.05, 3.63) is 0 Å². The van der Waals surface area contributed by atoms with E-state index < -0.39 is 0 Å². The zero-order chi connectivity index (χ0) is 8.58. The molecule has 0 aliphatic heterocycles. The van der Waals surface area contributed by atoms with Crippen molar-refractivity contribution in [2.45, 2.75) is 51.9 Å². The minimum absolute atomic E-state index is 0.285. The van der Waals surface area contributed by atoms with Crippen LogP contribution in [0.3, 0.4) is 0 Å². The average molecular weight is 156 g/mol. The van der Waals surface area contributed by atoms with Crippen molar-refractivity contribution in [1.82, 2.24) is 0 Å². The lowest BCUT2D eigenvalue weighted by Gasteiger charge is -2.51. The molecule has 0 saturated heterocycles. The highest BCUT2D eigenvalue weighted by Gasteiger charge is 2.19. The van der Waals surface area contributed by atoms with Crippen LogP contribution >= 0.6 is 7.80 Å². The van der Waals surface area contributed by atoms with E-state index in [1.54, 1.807) is 0 Å². The zero-order valence-electron chi connectivity index (χ0n) is 8.02. The number of rotatable bonds is 0. The Hall–Kier alpha value is 0.495.